The van der Waals surface area contributed by atoms with E-state index >= 15 is 0 Å². The lowest BCUT2D eigenvalue weighted by Crippen LogP contribution is -2.23. The second-order valence-electron chi connectivity index (χ2n) is 4.38. The van der Waals surface area contributed by atoms with Crippen LogP contribution in [0, 0.1) is 0 Å². The Kier molecular flexibility index (Phi) is 5.61. The summed E-state index contributed by atoms with van der Waals surface area (Å²) >= 11 is 1.68. The van der Waals surface area contributed by atoms with Crippen molar-refractivity contribution in [3.8, 4) is 0 Å². The second-order valence-corrected chi connectivity index (χ2v) is 5.37. The van der Waals surface area contributed by atoms with Gasteiger partial charge in [-0.2, -0.15) is 16.9 Å². The Morgan fingerprint density at radius 2 is 2.15 bits per heavy atom. The van der Waals surface area contributed by atoms with E-state index in [0.717, 1.165) is 16.9 Å². The summed E-state index contributed by atoms with van der Waals surface area (Å²) in [5.74, 6) is 0.946. The highest BCUT2D eigenvalue weighted by atomic mass is 32.2. The fraction of sp³-hybridized carbons (Fsp3) is 0.357. The topological polar surface area (TPSA) is 59.8 Å². The first kappa shape index (κ1) is 14.6. The summed E-state index contributed by atoms with van der Waals surface area (Å²) in [6, 6.07) is 8.05. The molecule has 2 rings (SSSR count). The molecule has 1 N–H and O–H groups in total. The molecule has 20 heavy (non-hydrogen) atoms. The third-order valence-electron chi connectivity index (χ3n) is 2.93. The van der Waals surface area contributed by atoms with Gasteiger partial charge in [-0.1, -0.05) is 24.3 Å². The Hall–Kier alpha value is -1.82. The summed E-state index contributed by atoms with van der Waals surface area (Å²) in [6.45, 7) is 1.22. The van der Waals surface area contributed by atoms with Crippen LogP contribution < -0.4 is 5.32 Å². The van der Waals surface area contributed by atoms with Crippen LogP contribution in [0.1, 0.15) is 17.5 Å². The minimum absolute atomic E-state index is 0.0925. The largest absolute Gasteiger partial charge is 0.352 e. The molecular formula is C14H18N4OS. The van der Waals surface area contributed by atoms with E-state index in [9.17, 15) is 4.79 Å². The van der Waals surface area contributed by atoms with Gasteiger partial charge in [0.2, 0.25) is 5.91 Å². The van der Waals surface area contributed by atoms with E-state index in [2.05, 4.69) is 15.4 Å². The predicted molar refractivity (Wildman–Crippen MR) is 80.4 cm³/mol. The van der Waals surface area contributed by atoms with Crippen LogP contribution >= 0.6 is 11.8 Å². The molecule has 0 atom stereocenters. The van der Waals surface area contributed by atoms with Crippen molar-refractivity contribution in [2.24, 2.45) is 0 Å². The molecule has 1 heterocycles. The first-order valence-electron chi connectivity index (χ1n) is 6.44. The first-order chi connectivity index (χ1) is 9.79. The number of nitrogens with zero attached hydrogens (tertiary/aromatic N) is 3. The number of carbonyl (C=O) groups excluding carboxylic acids is 1. The predicted octanol–water partition coefficient (Wildman–Crippen LogP) is 1.70. The van der Waals surface area contributed by atoms with Gasteiger partial charge in [0.1, 0.15) is 12.7 Å². The molecule has 1 aromatic heterocycles. The summed E-state index contributed by atoms with van der Waals surface area (Å²) in [7, 11) is 0. The van der Waals surface area contributed by atoms with Gasteiger partial charge in [0.05, 0.1) is 6.54 Å². The van der Waals surface area contributed by atoms with E-state index in [-0.39, 0.29) is 5.91 Å². The van der Waals surface area contributed by atoms with Crippen molar-refractivity contribution in [2.75, 3.05) is 12.0 Å². The van der Waals surface area contributed by atoms with Crippen molar-refractivity contribution in [1.29, 1.82) is 0 Å². The Labute approximate surface area is 122 Å². The third-order valence-corrected chi connectivity index (χ3v) is 3.54. The maximum atomic E-state index is 11.7. The average molecular weight is 290 g/mol. The zero-order valence-electron chi connectivity index (χ0n) is 11.5. The van der Waals surface area contributed by atoms with Crippen LogP contribution in [0.5, 0.6) is 0 Å². The van der Waals surface area contributed by atoms with E-state index in [0.29, 0.717) is 19.5 Å². The summed E-state index contributed by atoms with van der Waals surface area (Å²) in [5.41, 5.74) is 2.25. The third kappa shape index (κ3) is 4.38. The van der Waals surface area contributed by atoms with Crippen LogP contribution in [0.25, 0.3) is 0 Å². The zero-order valence-corrected chi connectivity index (χ0v) is 12.3. The van der Waals surface area contributed by atoms with Crippen LogP contribution in [0.3, 0.4) is 0 Å². The molecule has 0 saturated heterocycles. The summed E-state index contributed by atoms with van der Waals surface area (Å²) in [6.07, 6.45) is 5.77. The first-order valence-corrected chi connectivity index (χ1v) is 7.84. The number of hydrogen-bond donors (Lipinski definition) is 1. The van der Waals surface area contributed by atoms with Crippen LogP contribution in [-0.2, 0) is 17.9 Å². The lowest BCUT2D eigenvalue weighted by atomic mass is 10.1. The molecule has 2 aromatic rings. The molecule has 6 heteroatoms. The molecular weight excluding hydrogens is 272 g/mol. The lowest BCUT2D eigenvalue weighted by molar-refractivity contribution is -0.120. The van der Waals surface area contributed by atoms with Gasteiger partial charge in [-0.3, -0.25) is 4.79 Å². The second kappa shape index (κ2) is 7.69. The zero-order chi connectivity index (χ0) is 14.2. The van der Waals surface area contributed by atoms with Gasteiger partial charge in [0.25, 0.3) is 0 Å². The van der Waals surface area contributed by atoms with Crippen LogP contribution in [0.2, 0.25) is 0 Å². The maximum Gasteiger partial charge on any atom is 0.221 e. The number of hydrogen-bond acceptors (Lipinski definition) is 4. The Morgan fingerprint density at radius 3 is 2.85 bits per heavy atom. The van der Waals surface area contributed by atoms with E-state index in [1.165, 1.54) is 6.33 Å². The molecule has 5 nitrogen and oxygen atoms in total. The molecule has 0 saturated carbocycles. The van der Waals surface area contributed by atoms with E-state index in [1.54, 1.807) is 22.8 Å². The van der Waals surface area contributed by atoms with Gasteiger partial charge in [-0.15, -0.1) is 0 Å². The minimum atomic E-state index is 0.0925. The average Bonchev–Trinajstić information content (AvgIpc) is 2.97. The van der Waals surface area contributed by atoms with Crippen LogP contribution in [0.4, 0.5) is 0 Å². The minimum Gasteiger partial charge on any atom is -0.352 e. The van der Waals surface area contributed by atoms with Gasteiger partial charge in [-0.05, 0) is 17.4 Å². The fourth-order valence-corrected chi connectivity index (χ4v) is 2.24. The van der Waals surface area contributed by atoms with E-state index in [4.69, 9.17) is 0 Å². The molecule has 0 aliphatic heterocycles. The van der Waals surface area contributed by atoms with Crippen LogP contribution in [-0.4, -0.2) is 32.7 Å². The SMILES string of the molecule is CSCCC(=O)NCc1ccccc1Cn1cncn1. The van der Waals surface area contributed by atoms with Gasteiger partial charge >= 0.3 is 0 Å². The smallest absolute Gasteiger partial charge is 0.221 e. The van der Waals surface area contributed by atoms with Crippen molar-refractivity contribution in [2.45, 2.75) is 19.5 Å². The number of carbonyl (C=O) groups is 1. The number of benzene rings is 1. The molecule has 106 valence electrons. The number of thioether (sulfide) groups is 1. The van der Waals surface area contributed by atoms with Crippen molar-refractivity contribution < 1.29 is 4.79 Å². The number of aromatic nitrogens is 3. The van der Waals surface area contributed by atoms with Crippen molar-refractivity contribution in [1.82, 2.24) is 20.1 Å². The van der Waals surface area contributed by atoms with Crippen molar-refractivity contribution in [3.05, 3.63) is 48.0 Å². The lowest BCUT2D eigenvalue weighted by Gasteiger charge is -2.10. The molecule has 0 fully saturated rings. The number of nitrogens with one attached hydrogen (secondary N) is 1. The number of amides is 1. The van der Waals surface area contributed by atoms with Gasteiger partial charge < -0.3 is 5.32 Å². The maximum absolute atomic E-state index is 11.7. The molecule has 0 spiro atoms. The summed E-state index contributed by atoms with van der Waals surface area (Å²) < 4.78 is 1.77. The Bertz CT molecular complexity index is 542. The Morgan fingerprint density at radius 1 is 1.35 bits per heavy atom. The quantitative estimate of drug-likeness (QED) is 0.843. The van der Waals surface area contributed by atoms with Gasteiger partial charge in [0, 0.05) is 18.7 Å². The standard InChI is InChI=1S/C14H18N4OS/c1-20-7-6-14(19)16-8-12-4-2-3-5-13(12)9-18-11-15-10-17-18/h2-5,10-11H,6-9H2,1H3,(H,16,19). The molecule has 0 aliphatic carbocycles. The molecule has 1 aromatic carbocycles. The van der Waals surface area contributed by atoms with Gasteiger partial charge in [-0.25, -0.2) is 9.67 Å². The highest BCUT2D eigenvalue weighted by molar-refractivity contribution is 7.98. The van der Waals surface area contributed by atoms with Gasteiger partial charge in [0.15, 0.2) is 0 Å². The molecule has 0 aliphatic rings. The number of rotatable bonds is 7. The monoisotopic (exact) mass is 290 g/mol. The fourth-order valence-electron chi connectivity index (χ4n) is 1.85. The molecule has 0 bridgehead atoms. The summed E-state index contributed by atoms with van der Waals surface area (Å²) in [5, 5.41) is 7.06. The Balaban J connectivity index is 1.95. The van der Waals surface area contributed by atoms with Crippen molar-refractivity contribution >= 4 is 17.7 Å². The summed E-state index contributed by atoms with van der Waals surface area (Å²) in [4.78, 5) is 15.6. The normalized spacial score (nSPS) is 10.4. The molecule has 1 amide bonds. The van der Waals surface area contributed by atoms with Crippen LogP contribution in [0.15, 0.2) is 36.9 Å². The highest BCUT2D eigenvalue weighted by Gasteiger charge is 2.05. The van der Waals surface area contributed by atoms with E-state index in [1.807, 2.05) is 30.5 Å². The van der Waals surface area contributed by atoms with E-state index < -0.39 is 0 Å². The highest BCUT2D eigenvalue weighted by Crippen LogP contribution is 2.10. The molecule has 0 unspecified atom stereocenters. The van der Waals surface area contributed by atoms with Crippen molar-refractivity contribution in [3.63, 3.8) is 0 Å². The molecule has 0 radical (unpaired) electrons.